The van der Waals surface area contributed by atoms with E-state index in [1.165, 1.54) is 23.2 Å². The van der Waals surface area contributed by atoms with Crippen molar-refractivity contribution in [1.29, 1.82) is 0 Å². The van der Waals surface area contributed by atoms with Gasteiger partial charge in [-0.15, -0.1) is 0 Å². The number of piperidine rings is 1. The van der Waals surface area contributed by atoms with Crippen LogP contribution >= 0.6 is 22.9 Å². The smallest absolute Gasteiger partial charge is 0.416 e. The molecule has 226 valence electrons. The maximum Gasteiger partial charge on any atom is 0.416 e. The Balaban J connectivity index is 1.58. The number of benzene rings is 2. The summed E-state index contributed by atoms with van der Waals surface area (Å²) in [4.78, 5) is 39.5. The van der Waals surface area contributed by atoms with Crippen LogP contribution in [0.4, 0.5) is 18.0 Å². The molecule has 1 aromatic heterocycles. The highest BCUT2D eigenvalue weighted by Gasteiger charge is 2.37. The highest BCUT2D eigenvalue weighted by atomic mass is 35.5. The molecule has 0 radical (unpaired) electrons. The lowest BCUT2D eigenvalue weighted by Gasteiger charge is -2.32. The topological polar surface area (TPSA) is 114 Å². The first-order chi connectivity index (χ1) is 20.1. The Bertz CT molecular complexity index is 1840. The average Bonchev–Trinajstić information content (AvgIpc) is 3.49. The van der Waals surface area contributed by atoms with Crippen molar-refractivity contribution in [2.75, 3.05) is 13.1 Å². The molecule has 1 fully saturated rings. The number of carbonyl (C=O) groups is 2. The summed E-state index contributed by atoms with van der Waals surface area (Å²) in [6, 6.07) is 7.25. The number of hydrogen-bond donors (Lipinski definition) is 1. The summed E-state index contributed by atoms with van der Waals surface area (Å²) in [7, 11) is 0. The number of nitrogens with zero attached hydrogens (tertiary/aromatic N) is 4. The predicted molar refractivity (Wildman–Crippen MR) is 154 cm³/mol. The van der Waals surface area contributed by atoms with Crippen molar-refractivity contribution in [2.24, 2.45) is 10.2 Å². The fourth-order valence-corrected chi connectivity index (χ4v) is 6.14. The molecule has 43 heavy (non-hydrogen) atoms. The third kappa shape index (κ3) is 6.37. The molecular formula is C29H26ClF3N4O5S. The van der Waals surface area contributed by atoms with Crippen LogP contribution in [0.2, 0.25) is 5.02 Å². The van der Waals surface area contributed by atoms with E-state index >= 15 is 0 Å². The quantitative estimate of drug-likeness (QED) is 0.456. The highest BCUT2D eigenvalue weighted by Crippen LogP contribution is 2.38. The lowest BCUT2D eigenvalue weighted by atomic mass is 9.96. The van der Waals surface area contributed by atoms with Crippen molar-refractivity contribution in [3.8, 4) is 5.88 Å². The first-order valence-electron chi connectivity index (χ1n) is 13.2. The minimum atomic E-state index is -4.72. The molecule has 2 aliphatic rings. The van der Waals surface area contributed by atoms with Crippen molar-refractivity contribution in [3.05, 3.63) is 83.2 Å². The number of ketones is 1. The fourth-order valence-electron chi connectivity index (χ4n) is 4.98. The van der Waals surface area contributed by atoms with Gasteiger partial charge in [0.1, 0.15) is 11.6 Å². The number of likely N-dealkylation sites (tertiary alicyclic amines) is 1. The number of carbonyl (C=O) groups excluding carboxylic acids is 2. The molecule has 1 amide bonds. The van der Waals surface area contributed by atoms with Crippen LogP contribution in [0, 0.1) is 0 Å². The average molecular weight is 635 g/mol. The van der Waals surface area contributed by atoms with Crippen LogP contribution in [-0.4, -0.2) is 51.4 Å². The van der Waals surface area contributed by atoms with Gasteiger partial charge in [-0.05, 0) is 67.8 Å². The Morgan fingerprint density at radius 2 is 1.91 bits per heavy atom. The van der Waals surface area contributed by atoms with Gasteiger partial charge < -0.3 is 14.7 Å². The van der Waals surface area contributed by atoms with E-state index in [2.05, 4.69) is 10.2 Å². The molecule has 2 aromatic carbocycles. The third-order valence-corrected chi connectivity index (χ3v) is 8.17. The van der Waals surface area contributed by atoms with Crippen LogP contribution in [0.15, 0.2) is 51.4 Å². The number of rotatable bonds is 4. The van der Waals surface area contributed by atoms with Crippen LogP contribution in [0.25, 0.3) is 5.57 Å². The van der Waals surface area contributed by atoms with E-state index in [1.54, 1.807) is 39.0 Å². The summed E-state index contributed by atoms with van der Waals surface area (Å²) < 4.78 is 48.3. The van der Waals surface area contributed by atoms with Crippen molar-refractivity contribution < 1.29 is 32.6 Å². The lowest BCUT2D eigenvalue weighted by molar-refractivity contribution is -0.138. The highest BCUT2D eigenvalue weighted by molar-refractivity contribution is 7.10. The van der Waals surface area contributed by atoms with Crippen molar-refractivity contribution in [1.82, 2.24) is 9.47 Å². The fraction of sp³-hybridized carbons (Fsp3) is 0.345. The molecule has 0 bridgehead atoms. The van der Waals surface area contributed by atoms with Gasteiger partial charge in [0.05, 0.1) is 28.6 Å². The van der Waals surface area contributed by atoms with Crippen molar-refractivity contribution in [3.63, 3.8) is 0 Å². The molecule has 9 nitrogen and oxygen atoms in total. The number of aromatic hydroxyl groups is 1. The van der Waals surface area contributed by atoms with Gasteiger partial charge >= 0.3 is 17.1 Å². The van der Waals surface area contributed by atoms with Crippen LogP contribution in [0.5, 0.6) is 5.88 Å². The van der Waals surface area contributed by atoms with E-state index in [9.17, 15) is 32.7 Å². The number of hydrogen-bond acceptors (Lipinski definition) is 8. The molecule has 0 spiro atoms. The van der Waals surface area contributed by atoms with Gasteiger partial charge in [0, 0.05) is 23.6 Å². The van der Waals surface area contributed by atoms with E-state index in [-0.39, 0.29) is 47.0 Å². The number of amides is 1. The normalized spacial score (nSPS) is 17.5. The number of aromatic nitrogens is 1. The molecule has 3 heterocycles. The maximum absolute atomic E-state index is 14.0. The monoisotopic (exact) mass is 634 g/mol. The largest absolute Gasteiger partial charge is 0.493 e. The number of Topliss-reactive ketones (excluding diaryl/α,β-unsaturated/α-hetero) is 1. The standard InChI is InChI=1S/C29H26ClF3N4O5S/c1-28(2,3)42-26(40)36-9-8-22(23(38)14-36)37-25(39)24(43-27(37)41)19(15-5-7-21-17(10-15)13-34-35-21)11-16-4-6-18(30)12-20(16)29(31,32)33/h4-7,10,12-13,22,39H,8-9,11,14H2,1-3H3. The lowest BCUT2D eigenvalue weighted by Crippen LogP contribution is -2.47. The van der Waals surface area contributed by atoms with E-state index < -0.39 is 46.0 Å². The molecule has 14 heteroatoms. The molecule has 2 aliphatic heterocycles. The van der Waals surface area contributed by atoms with Crippen molar-refractivity contribution >= 4 is 46.6 Å². The summed E-state index contributed by atoms with van der Waals surface area (Å²) in [5, 5.41) is 20.1. The minimum absolute atomic E-state index is 0.0160. The van der Waals surface area contributed by atoms with Crippen LogP contribution < -0.4 is 15.4 Å². The van der Waals surface area contributed by atoms with Gasteiger partial charge in [0.25, 0.3) is 0 Å². The molecule has 3 aromatic rings. The van der Waals surface area contributed by atoms with Gasteiger partial charge in [0.2, 0.25) is 5.88 Å². The zero-order valence-corrected chi connectivity index (χ0v) is 24.8. The summed E-state index contributed by atoms with van der Waals surface area (Å²) in [5.74, 6) is -1.04. The Hall–Kier alpha value is -3.97. The van der Waals surface area contributed by atoms with Gasteiger partial charge in [-0.1, -0.05) is 35.1 Å². The first-order valence-corrected chi connectivity index (χ1v) is 14.4. The molecule has 1 unspecified atom stereocenters. The SMILES string of the molecule is CC(C)(C)OC(=O)N1CCC(n2c(O)c(C(Cc3ccc(Cl)cc3C(F)(F)F)=c3ccc4c(c3)C=NN=4)sc2=O)C(=O)C1. The maximum atomic E-state index is 14.0. The predicted octanol–water partition coefficient (Wildman–Crippen LogP) is 4.45. The molecular weight excluding hydrogens is 609 g/mol. The first kappa shape index (κ1) is 30.5. The molecule has 5 rings (SSSR count). The summed E-state index contributed by atoms with van der Waals surface area (Å²) in [6.45, 7) is 4.85. The number of thiazole rings is 1. The summed E-state index contributed by atoms with van der Waals surface area (Å²) >= 11 is 6.51. The third-order valence-electron chi connectivity index (χ3n) is 6.93. The second-order valence-electron chi connectivity index (χ2n) is 11.1. The summed E-state index contributed by atoms with van der Waals surface area (Å²) in [6.07, 6.45) is -4.19. The Labute approximate surface area is 252 Å². The van der Waals surface area contributed by atoms with Crippen LogP contribution in [-0.2, 0) is 22.1 Å². The van der Waals surface area contributed by atoms with E-state index in [4.69, 9.17) is 16.3 Å². The van der Waals surface area contributed by atoms with Gasteiger partial charge in [0.15, 0.2) is 5.78 Å². The summed E-state index contributed by atoms with van der Waals surface area (Å²) in [5.41, 5.74) is -1.01. The van der Waals surface area contributed by atoms with Crippen LogP contribution in [0.1, 0.15) is 54.8 Å². The molecule has 1 saturated heterocycles. The van der Waals surface area contributed by atoms with Crippen LogP contribution in [0.3, 0.4) is 0 Å². The molecule has 0 saturated carbocycles. The van der Waals surface area contributed by atoms with E-state index in [0.717, 1.165) is 10.6 Å². The van der Waals surface area contributed by atoms with Gasteiger partial charge in [-0.25, -0.2) is 4.79 Å². The van der Waals surface area contributed by atoms with Crippen molar-refractivity contribution in [2.45, 2.75) is 51.4 Å². The molecule has 0 aliphatic carbocycles. The number of fused-ring (bicyclic) bond motifs is 1. The Kier molecular flexibility index (Phi) is 7.99. The van der Waals surface area contributed by atoms with E-state index in [0.29, 0.717) is 27.5 Å². The molecule has 1 atom stereocenters. The Morgan fingerprint density at radius 3 is 2.58 bits per heavy atom. The second-order valence-corrected chi connectivity index (χ2v) is 12.5. The van der Waals surface area contributed by atoms with Gasteiger partial charge in [-0.3, -0.25) is 14.2 Å². The second kappa shape index (κ2) is 11.3. The number of halogens is 4. The Morgan fingerprint density at radius 1 is 1.16 bits per heavy atom. The zero-order chi connectivity index (χ0) is 31.3. The number of alkyl halides is 3. The minimum Gasteiger partial charge on any atom is -0.493 e. The van der Waals surface area contributed by atoms with E-state index in [1.807, 2.05) is 0 Å². The molecule has 1 N–H and O–H groups in total. The van der Waals surface area contributed by atoms with Gasteiger partial charge in [-0.2, -0.15) is 23.4 Å². The zero-order valence-electron chi connectivity index (χ0n) is 23.2. The number of ether oxygens (including phenoxy) is 1.